The molecule has 0 amide bonds. The van der Waals surface area contributed by atoms with Gasteiger partial charge in [0.2, 0.25) is 5.82 Å². The van der Waals surface area contributed by atoms with Crippen LogP contribution in [-0.2, 0) is 4.74 Å². The quantitative estimate of drug-likeness (QED) is 0.921. The summed E-state index contributed by atoms with van der Waals surface area (Å²) < 4.78 is 46.8. The van der Waals surface area contributed by atoms with Crippen LogP contribution in [0, 0.1) is 0 Å². The molecular weight excluding hydrogens is 267 g/mol. The van der Waals surface area contributed by atoms with Crippen molar-refractivity contribution in [1.29, 1.82) is 0 Å². The molecule has 0 aliphatic carbocycles. The minimum Gasteiger partial charge on any atom is -0.367 e. The number of rotatable bonds is 3. The van der Waals surface area contributed by atoms with Crippen molar-refractivity contribution < 1.29 is 22.4 Å². The van der Waals surface area contributed by atoms with Crippen LogP contribution in [0.5, 0.6) is 0 Å². The van der Waals surface area contributed by atoms with E-state index in [1.165, 1.54) is 6.07 Å². The number of ether oxygens (including phenoxy) is 1. The molecule has 0 fully saturated rings. The van der Waals surface area contributed by atoms with Gasteiger partial charge in [0.1, 0.15) is 5.69 Å². The van der Waals surface area contributed by atoms with Crippen LogP contribution in [0.3, 0.4) is 0 Å². The van der Waals surface area contributed by atoms with Crippen LogP contribution in [-0.4, -0.2) is 28.4 Å². The Morgan fingerprint density at radius 1 is 1.47 bits per heavy atom. The van der Waals surface area contributed by atoms with E-state index in [0.717, 1.165) is 19.4 Å². The number of hydrogen-bond donors (Lipinski definition) is 1. The molecule has 2 rings (SSSR count). The first-order valence-electron chi connectivity index (χ1n) is 5.03. The first-order valence-corrected chi connectivity index (χ1v) is 5.03. The lowest BCUT2D eigenvalue weighted by Gasteiger charge is -2.19. The highest BCUT2D eigenvalue weighted by Crippen LogP contribution is 2.35. The van der Waals surface area contributed by atoms with Crippen LogP contribution >= 0.6 is 0 Å². The number of methoxy groups -OCH3 is 1. The van der Waals surface area contributed by atoms with Crippen LogP contribution in [0.15, 0.2) is 27.6 Å². The van der Waals surface area contributed by atoms with E-state index >= 15 is 0 Å². The number of nitrogens with one attached hydrogen (secondary N) is 1. The molecule has 1 unspecified atom stereocenters. The first-order chi connectivity index (χ1) is 8.91. The van der Waals surface area contributed by atoms with E-state index in [0.29, 0.717) is 0 Å². The molecule has 102 valence electrons. The maximum Gasteiger partial charge on any atom is 0.439 e. The van der Waals surface area contributed by atoms with Crippen LogP contribution in [0.25, 0.3) is 11.5 Å². The molecule has 19 heavy (non-hydrogen) atoms. The summed E-state index contributed by atoms with van der Waals surface area (Å²) >= 11 is 0. The average molecular weight is 275 g/mol. The summed E-state index contributed by atoms with van der Waals surface area (Å²) in [6.07, 6.45) is -5.46. The highest BCUT2D eigenvalue weighted by Gasteiger charge is 2.41. The number of H-pyrrole nitrogens is 1. The van der Waals surface area contributed by atoms with Gasteiger partial charge in [-0.05, 0) is 17.7 Å². The summed E-state index contributed by atoms with van der Waals surface area (Å²) in [5.41, 5.74) is -0.0986. The zero-order valence-electron chi connectivity index (χ0n) is 9.56. The van der Waals surface area contributed by atoms with E-state index in [1.54, 1.807) is 0 Å². The SMILES string of the molecule is COC(c1ccnc(-c2noc(=O)[nH]2)c1)C(F)(F)F. The number of pyridine rings is 1. The first kappa shape index (κ1) is 13.3. The third-order valence-electron chi connectivity index (χ3n) is 2.30. The predicted molar refractivity (Wildman–Crippen MR) is 56.2 cm³/mol. The molecule has 6 nitrogen and oxygen atoms in total. The molecule has 2 heterocycles. The van der Waals surface area contributed by atoms with Gasteiger partial charge in [0.25, 0.3) is 0 Å². The standard InChI is InChI=1S/C10H8F3N3O3/c1-18-7(10(11,12)13)5-2-3-14-6(4-5)8-15-9(17)19-16-8/h2-4,7H,1H3,(H,15,16,17). The zero-order chi connectivity index (χ0) is 14.0. The largest absolute Gasteiger partial charge is 0.439 e. The van der Waals surface area contributed by atoms with E-state index in [1.807, 2.05) is 0 Å². The number of hydrogen-bond acceptors (Lipinski definition) is 5. The Morgan fingerprint density at radius 3 is 2.74 bits per heavy atom. The molecule has 0 aliphatic rings. The van der Waals surface area contributed by atoms with Crippen molar-refractivity contribution in [3.8, 4) is 11.5 Å². The molecule has 2 aromatic heterocycles. The minimum atomic E-state index is -4.55. The van der Waals surface area contributed by atoms with E-state index in [-0.39, 0.29) is 17.1 Å². The maximum atomic E-state index is 12.7. The van der Waals surface area contributed by atoms with Crippen molar-refractivity contribution in [2.24, 2.45) is 0 Å². The van der Waals surface area contributed by atoms with Crippen molar-refractivity contribution in [3.63, 3.8) is 0 Å². The maximum absolute atomic E-state index is 12.7. The van der Waals surface area contributed by atoms with E-state index in [4.69, 9.17) is 0 Å². The van der Waals surface area contributed by atoms with E-state index in [2.05, 4.69) is 24.4 Å². The lowest BCUT2D eigenvalue weighted by atomic mass is 10.1. The van der Waals surface area contributed by atoms with Gasteiger partial charge in [0.05, 0.1) is 0 Å². The lowest BCUT2D eigenvalue weighted by molar-refractivity contribution is -0.215. The Balaban J connectivity index is 2.41. The Labute approximate surface area is 104 Å². The fourth-order valence-corrected chi connectivity index (χ4v) is 1.54. The van der Waals surface area contributed by atoms with Gasteiger partial charge < -0.3 is 4.74 Å². The fourth-order valence-electron chi connectivity index (χ4n) is 1.54. The molecule has 0 aliphatic heterocycles. The van der Waals surface area contributed by atoms with E-state index in [9.17, 15) is 18.0 Å². The Kier molecular flexibility index (Phi) is 3.38. The molecule has 1 N–H and O–H groups in total. The van der Waals surface area contributed by atoms with Gasteiger partial charge in [-0.3, -0.25) is 14.5 Å². The van der Waals surface area contributed by atoms with Gasteiger partial charge in [-0.25, -0.2) is 4.79 Å². The smallest absolute Gasteiger partial charge is 0.367 e. The van der Waals surface area contributed by atoms with Crippen molar-refractivity contribution in [3.05, 3.63) is 34.4 Å². The molecule has 0 aromatic carbocycles. The number of halogens is 3. The summed E-state index contributed by atoms with van der Waals surface area (Å²) in [6, 6.07) is 2.29. The molecular formula is C10H8F3N3O3. The van der Waals surface area contributed by atoms with Crippen LogP contribution in [0.1, 0.15) is 11.7 Å². The fraction of sp³-hybridized carbons (Fsp3) is 0.300. The van der Waals surface area contributed by atoms with Crippen LogP contribution in [0.2, 0.25) is 0 Å². The van der Waals surface area contributed by atoms with Gasteiger partial charge in [-0.15, -0.1) is 0 Å². The van der Waals surface area contributed by atoms with Crippen LogP contribution < -0.4 is 5.76 Å². The number of aromatic nitrogens is 3. The minimum absolute atomic E-state index is 0.0506. The van der Waals surface area contributed by atoms with Crippen molar-refractivity contribution >= 4 is 0 Å². The molecule has 0 spiro atoms. The predicted octanol–water partition coefficient (Wildman–Crippen LogP) is 1.67. The summed E-state index contributed by atoms with van der Waals surface area (Å²) in [5, 5.41) is 3.35. The van der Waals surface area contributed by atoms with E-state index < -0.39 is 18.0 Å². The van der Waals surface area contributed by atoms with Gasteiger partial charge in [-0.1, -0.05) is 5.16 Å². The molecule has 2 aromatic rings. The summed E-state index contributed by atoms with van der Waals surface area (Å²) in [7, 11) is 0.955. The second-order valence-corrected chi connectivity index (χ2v) is 3.58. The number of nitrogens with zero attached hydrogens (tertiary/aromatic N) is 2. The van der Waals surface area contributed by atoms with Gasteiger partial charge in [-0.2, -0.15) is 13.2 Å². The molecule has 9 heteroatoms. The normalized spacial score (nSPS) is 13.5. The van der Waals surface area contributed by atoms with Gasteiger partial charge in [0, 0.05) is 13.3 Å². The Bertz CT molecular complexity index is 620. The van der Waals surface area contributed by atoms with Crippen LogP contribution in [0.4, 0.5) is 13.2 Å². The van der Waals surface area contributed by atoms with Crippen molar-refractivity contribution in [2.45, 2.75) is 12.3 Å². The average Bonchev–Trinajstić information content (AvgIpc) is 2.75. The second-order valence-electron chi connectivity index (χ2n) is 3.58. The topological polar surface area (TPSA) is 81.0 Å². The Morgan fingerprint density at radius 2 is 2.21 bits per heavy atom. The van der Waals surface area contributed by atoms with Gasteiger partial charge in [0.15, 0.2) is 6.10 Å². The summed E-state index contributed by atoms with van der Waals surface area (Å²) in [4.78, 5) is 16.8. The van der Waals surface area contributed by atoms with Crippen molar-refractivity contribution in [1.82, 2.24) is 15.1 Å². The highest BCUT2D eigenvalue weighted by molar-refractivity contribution is 5.49. The Hall–Kier alpha value is -2.16. The zero-order valence-corrected chi connectivity index (χ0v) is 9.56. The second kappa shape index (κ2) is 4.84. The summed E-state index contributed by atoms with van der Waals surface area (Å²) in [6.45, 7) is 0. The van der Waals surface area contributed by atoms with Gasteiger partial charge >= 0.3 is 11.9 Å². The summed E-state index contributed by atoms with van der Waals surface area (Å²) in [5.74, 6) is -0.870. The number of alkyl halides is 3. The highest BCUT2D eigenvalue weighted by atomic mass is 19.4. The third kappa shape index (κ3) is 2.81. The van der Waals surface area contributed by atoms with Crippen molar-refractivity contribution in [2.75, 3.05) is 7.11 Å². The lowest BCUT2D eigenvalue weighted by Crippen LogP contribution is -2.22. The third-order valence-corrected chi connectivity index (χ3v) is 2.30. The number of aromatic amines is 1. The molecule has 0 saturated heterocycles. The molecule has 0 saturated carbocycles. The monoisotopic (exact) mass is 275 g/mol. The molecule has 1 atom stereocenters. The molecule has 0 bridgehead atoms. The molecule has 0 radical (unpaired) electrons.